The topological polar surface area (TPSA) is 89.9 Å². The second kappa shape index (κ2) is 5.81. The Hall–Kier alpha value is -2.24. The number of phenolic OH excluding ortho intramolecular Hbond substituents is 2. The molecule has 1 aromatic rings. The fraction of sp³-hybridized carbons (Fsp3) is 0.429. The number of hydrogen-bond donors (Lipinski definition) is 3. The van der Waals surface area contributed by atoms with Crippen LogP contribution in [0.2, 0.25) is 0 Å². The third kappa shape index (κ3) is 2.84. The number of para-hydroxylation sites is 1. The summed E-state index contributed by atoms with van der Waals surface area (Å²) in [7, 11) is 0. The lowest BCUT2D eigenvalue weighted by Gasteiger charge is -2.21. The number of carbonyl (C=O) groups excluding carboxylic acids is 2. The first-order valence-electron chi connectivity index (χ1n) is 6.61. The molecule has 1 heterocycles. The maximum absolute atomic E-state index is 12.1. The summed E-state index contributed by atoms with van der Waals surface area (Å²) >= 11 is 0. The number of benzene rings is 1. The zero-order valence-electron chi connectivity index (χ0n) is 11.3. The van der Waals surface area contributed by atoms with Gasteiger partial charge in [0.05, 0.1) is 5.56 Å². The lowest BCUT2D eigenvalue weighted by Crippen LogP contribution is -2.45. The fourth-order valence-electron chi connectivity index (χ4n) is 2.26. The summed E-state index contributed by atoms with van der Waals surface area (Å²) in [5, 5.41) is 21.5. The highest BCUT2D eigenvalue weighted by molar-refractivity contribution is 6.00. The van der Waals surface area contributed by atoms with Crippen LogP contribution >= 0.6 is 0 Å². The smallest absolute Gasteiger partial charge is 0.255 e. The number of rotatable bonds is 3. The highest BCUT2D eigenvalue weighted by Crippen LogP contribution is 2.28. The van der Waals surface area contributed by atoms with Crippen molar-refractivity contribution < 1.29 is 19.8 Å². The van der Waals surface area contributed by atoms with E-state index in [2.05, 4.69) is 5.32 Å². The van der Waals surface area contributed by atoms with E-state index in [1.54, 1.807) is 11.8 Å². The first-order valence-corrected chi connectivity index (χ1v) is 6.61. The zero-order chi connectivity index (χ0) is 14.7. The second-order valence-corrected chi connectivity index (χ2v) is 4.90. The van der Waals surface area contributed by atoms with Gasteiger partial charge in [-0.2, -0.15) is 0 Å². The lowest BCUT2D eigenvalue weighted by molar-refractivity contribution is -0.131. The summed E-state index contributed by atoms with van der Waals surface area (Å²) in [4.78, 5) is 25.8. The van der Waals surface area contributed by atoms with Crippen LogP contribution in [0.25, 0.3) is 0 Å². The van der Waals surface area contributed by atoms with E-state index in [1.165, 1.54) is 18.2 Å². The summed E-state index contributed by atoms with van der Waals surface area (Å²) in [6.07, 6.45) is 1.97. The van der Waals surface area contributed by atoms with E-state index >= 15 is 0 Å². The molecule has 1 unspecified atom stereocenters. The predicted octanol–water partition coefficient (Wildman–Crippen LogP) is 0.839. The van der Waals surface area contributed by atoms with Gasteiger partial charge in [-0.3, -0.25) is 9.59 Å². The van der Waals surface area contributed by atoms with Gasteiger partial charge in [0.15, 0.2) is 11.5 Å². The number of likely N-dealkylation sites (tertiary alicyclic amines) is 1. The number of phenols is 2. The molecule has 6 heteroatoms. The van der Waals surface area contributed by atoms with E-state index in [4.69, 9.17) is 0 Å². The van der Waals surface area contributed by atoms with Gasteiger partial charge in [-0.25, -0.2) is 0 Å². The third-order valence-electron chi connectivity index (χ3n) is 3.40. The van der Waals surface area contributed by atoms with Crippen LogP contribution in [0.3, 0.4) is 0 Å². The molecule has 20 heavy (non-hydrogen) atoms. The van der Waals surface area contributed by atoms with Crippen molar-refractivity contribution in [2.24, 2.45) is 0 Å². The molecule has 2 amide bonds. The molecular formula is C14H18N2O4. The molecule has 0 bridgehead atoms. The molecule has 1 aromatic carbocycles. The normalized spacial score (nSPS) is 15.9. The first kappa shape index (κ1) is 14.2. The standard InChI is InChI=1S/C14H18N2O4/c1-9(14(20)16-7-2-3-8-16)15-13(19)10-5-4-6-11(17)12(10)18/h4-6,9,17-18H,2-3,7-8H2,1H3,(H,15,19). The Kier molecular flexibility index (Phi) is 4.12. The van der Waals surface area contributed by atoms with Crippen LogP contribution in [-0.2, 0) is 4.79 Å². The Morgan fingerprint density at radius 3 is 2.55 bits per heavy atom. The lowest BCUT2D eigenvalue weighted by atomic mass is 10.1. The van der Waals surface area contributed by atoms with Crippen LogP contribution in [0, 0.1) is 0 Å². The third-order valence-corrected chi connectivity index (χ3v) is 3.40. The fourth-order valence-corrected chi connectivity index (χ4v) is 2.26. The predicted molar refractivity (Wildman–Crippen MR) is 72.5 cm³/mol. The van der Waals surface area contributed by atoms with Crippen molar-refractivity contribution in [3.8, 4) is 11.5 Å². The molecule has 1 aliphatic heterocycles. The van der Waals surface area contributed by atoms with Crippen molar-refractivity contribution in [2.45, 2.75) is 25.8 Å². The van der Waals surface area contributed by atoms with Crippen LogP contribution in [0.5, 0.6) is 11.5 Å². The van der Waals surface area contributed by atoms with E-state index in [0.717, 1.165) is 25.9 Å². The van der Waals surface area contributed by atoms with Gasteiger partial charge in [0.1, 0.15) is 6.04 Å². The highest BCUT2D eigenvalue weighted by atomic mass is 16.3. The Morgan fingerprint density at radius 2 is 1.90 bits per heavy atom. The first-order chi connectivity index (χ1) is 9.50. The molecule has 0 radical (unpaired) electrons. The van der Waals surface area contributed by atoms with Gasteiger partial charge in [0.2, 0.25) is 5.91 Å². The molecule has 1 aliphatic rings. The van der Waals surface area contributed by atoms with Crippen molar-refractivity contribution in [1.82, 2.24) is 10.2 Å². The molecule has 0 spiro atoms. The zero-order valence-corrected chi connectivity index (χ0v) is 11.3. The number of nitrogens with zero attached hydrogens (tertiary/aromatic N) is 1. The van der Waals surface area contributed by atoms with Crippen molar-refractivity contribution in [1.29, 1.82) is 0 Å². The summed E-state index contributed by atoms with van der Waals surface area (Å²) in [6, 6.07) is 3.46. The van der Waals surface area contributed by atoms with Crippen LogP contribution in [-0.4, -0.2) is 46.1 Å². The molecule has 1 fully saturated rings. The molecule has 0 aromatic heterocycles. The Labute approximate surface area is 117 Å². The van der Waals surface area contributed by atoms with Crippen molar-refractivity contribution in [3.63, 3.8) is 0 Å². The Balaban J connectivity index is 2.03. The molecule has 2 rings (SSSR count). The van der Waals surface area contributed by atoms with Crippen molar-refractivity contribution in [3.05, 3.63) is 23.8 Å². The van der Waals surface area contributed by atoms with E-state index in [0.29, 0.717) is 0 Å². The minimum Gasteiger partial charge on any atom is -0.504 e. The Bertz CT molecular complexity index is 524. The Morgan fingerprint density at radius 1 is 1.25 bits per heavy atom. The minimum atomic E-state index is -0.664. The number of nitrogens with one attached hydrogen (secondary N) is 1. The SMILES string of the molecule is CC(NC(=O)c1cccc(O)c1O)C(=O)N1CCCC1. The number of amides is 2. The number of hydrogen-bond acceptors (Lipinski definition) is 4. The molecule has 0 saturated carbocycles. The quantitative estimate of drug-likeness (QED) is 0.715. The summed E-state index contributed by atoms with van der Waals surface area (Å²) in [5.41, 5.74) is -0.0499. The summed E-state index contributed by atoms with van der Waals surface area (Å²) in [6.45, 7) is 3.05. The van der Waals surface area contributed by atoms with Gasteiger partial charge in [-0.05, 0) is 31.9 Å². The minimum absolute atomic E-state index is 0.0499. The van der Waals surface area contributed by atoms with Crippen LogP contribution < -0.4 is 5.32 Å². The largest absolute Gasteiger partial charge is 0.504 e. The van der Waals surface area contributed by atoms with Crippen molar-refractivity contribution in [2.75, 3.05) is 13.1 Å². The van der Waals surface area contributed by atoms with E-state index < -0.39 is 17.7 Å². The van der Waals surface area contributed by atoms with Gasteiger partial charge in [-0.15, -0.1) is 0 Å². The summed E-state index contributed by atoms with van der Waals surface area (Å²) < 4.78 is 0. The molecular weight excluding hydrogens is 260 g/mol. The monoisotopic (exact) mass is 278 g/mol. The van der Waals surface area contributed by atoms with Gasteiger partial charge < -0.3 is 20.4 Å². The van der Waals surface area contributed by atoms with Gasteiger partial charge >= 0.3 is 0 Å². The van der Waals surface area contributed by atoms with Crippen LogP contribution in [0.4, 0.5) is 0 Å². The van der Waals surface area contributed by atoms with Gasteiger partial charge in [0, 0.05) is 13.1 Å². The van der Waals surface area contributed by atoms with E-state index in [9.17, 15) is 19.8 Å². The van der Waals surface area contributed by atoms with Crippen molar-refractivity contribution >= 4 is 11.8 Å². The average molecular weight is 278 g/mol. The maximum Gasteiger partial charge on any atom is 0.255 e. The highest BCUT2D eigenvalue weighted by Gasteiger charge is 2.25. The van der Waals surface area contributed by atoms with Crippen LogP contribution in [0.15, 0.2) is 18.2 Å². The number of carbonyl (C=O) groups is 2. The van der Waals surface area contributed by atoms with E-state index in [-0.39, 0.29) is 17.2 Å². The molecule has 1 saturated heterocycles. The van der Waals surface area contributed by atoms with Crippen LogP contribution in [0.1, 0.15) is 30.1 Å². The second-order valence-electron chi connectivity index (χ2n) is 4.90. The molecule has 108 valence electrons. The average Bonchev–Trinajstić information content (AvgIpc) is 2.94. The molecule has 3 N–H and O–H groups in total. The molecule has 6 nitrogen and oxygen atoms in total. The van der Waals surface area contributed by atoms with Gasteiger partial charge in [-0.1, -0.05) is 6.07 Å². The maximum atomic E-state index is 12.1. The number of aromatic hydroxyl groups is 2. The molecule has 1 atom stereocenters. The molecule has 0 aliphatic carbocycles. The van der Waals surface area contributed by atoms with E-state index in [1.807, 2.05) is 0 Å². The summed E-state index contributed by atoms with van der Waals surface area (Å²) in [5.74, 6) is -1.56. The van der Waals surface area contributed by atoms with Gasteiger partial charge in [0.25, 0.3) is 5.91 Å².